The minimum absolute atomic E-state index is 0.157. The Bertz CT molecular complexity index is 4030. The zero-order valence-electron chi connectivity index (χ0n) is 39.1. The van der Waals surface area contributed by atoms with Gasteiger partial charge in [0.15, 0.2) is 0 Å². The molecule has 1 spiro atoms. The minimum Gasteiger partial charge on any atom is -0.310 e. The Morgan fingerprint density at radius 2 is 0.855 bits per heavy atom. The molecule has 15 rings (SSSR count). The first-order valence-corrected chi connectivity index (χ1v) is 25.2. The summed E-state index contributed by atoms with van der Waals surface area (Å²) in [4.78, 5) is 2.60. The zero-order valence-corrected chi connectivity index (χ0v) is 39.9. The summed E-state index contributed by atoms with van der Waals surface area (Å²) in [6.07, 6.45) is 0. The lowest BCUT2D eigenvalue weighted by atomic mass is 9.70. The molecule has 11 aromatic rings. The van der Waals surface area contributed by atoms with Crippen molar-refractivity contribution in [1.29, 1.82) is 0 Å². The SMILES string of the molecule is CC1(C)c2ccccc2-c2ccc(N(c3ccc4c(c3)C(C)(C)c3cc(-c5ccccc5)ccc3-4)c3cccc4c3-c3ccccc3C43c4ccccc4-c4c3ccc3c4sc4ccccc43)cc21. The van der Waals surface area contributed by atoms with E-state index in [4.69, 9.17) is 0 Å². The monoisotopic (exact) mass is 897 g/mol. The molecule has 1 unspecified atom stereocenters. The van der Waals surface area contributed by atoms with Gasteiger partial charge in [-0.2, -0.15) is 0 Å². The van der Waals surface area contributed by atoms with E-state index in [0.29, 0.717) is 0 Å². The topological polar surface area (TPSA) is 3.24 Å². The number of hydrogen-bond acceptors (Lipinski definition) is 2. The predicted molar refractivity (Wildman–Crippen MR) is 291 cm³/mol. The Morgan fingerprint density at radius 1 is 0.333 bits per heavy atom. The standard InChI is InChI=1S/C67H47NS/c1-65(2)52-23-12-8-19-44(52)46-33-30-42(38-58(46)65)68(43-31-34-47-45-32-29-41(40-17-6-5-7-18-40)37-57(45)66(3,4)59(47)39-43)60-27-16-26-55-62(60)50-21-9-13-24-53(50)67(55)54-25-14-10-22-51(54)63-56(67)36-35-49-48-20-11-15-28-61(48)69-64(49)63/h5-39H,1-4H3. The first kappa shape index (κ1) is 39.2. The van der Waals surface area contributed by atoms with Gasteiger partial charge in [-0.15, -0.1) is 11.3 Å². The van der Waals surface area contributed by atoms with Gasteiger partial charge in [-0.05, 0) is 131 Å². The van der Waals surface area contributed by atoms with Crippen LogP contribution in [0.2, 0.25) is 0 Å². The number of fused-ring (bicyclic) bond motifs is 20. The average Bonchev–Trinajstić information content (AvgIpc) is 4.13. The van der Waals surface area contributed by atoms with Crippen LogP contribution < -0.4 is 4.90 Å². The first-order chi connectivity index (χ1) is 33.7. The summed E-state index contributed by atoms with van der Waals surface area (Å²) in [7, 11) is 0. The number of anilines is 3. The van der Waals surface area contributed by atoms with Gasteiger partial charge in [0.05, 0.1) is 11.1 Å². The fourth-order valence-corrected chi connectivity index (χ4v) is 14.8. The number of thiophene rings is 1. The third-order valence-corrected chi connectivity index (χ3v) is 17.9. The van der Waals surface area contributed by atoms with Crippen molar-refractivity contribution < 1.29 is 0 Å². The van der Waals surface area contributed by atoms with Crippen molar-refractivity contribution in [3.63, 3.8) is 0 Å². The molecular formula is C67H47NS. The van der Waals surface area contributed by atoms with Crippen LogP contribution in [0.25, 0.3) is 75.8 Å². The van der Waals surface area contributed by atoms with Gasteiger partial charge in [-0.1, -0.05) is 198 Å². The van der Waals surface area contributed by atoms with Crippen molar-refractivity contribution >= 4 is 48.6 Å². The van der Waals surface area contributed by atoms with E-state index in [0.717, 1.165) is 5.69 Å². The van der Waals surface area contributed by atoms with Crippen molar-refractivity contribution in [3.05, 3.63) is 257 Å². The molecule has 10 aromatic carbocycles. The van der Waals surface area contributed by atoms with Crippen LogP contribution in [0.15, 0.2) is 212 Å². The van der Waals surface area contributed by atoms with Crippen molar-refractivity contribution in [2.24, 2.45) is 0 Å². The lowest BCUT2D eigenvalue weighted by molar-refractivity contribution is 0.660. The molecule has 2 heteroatoms. The van der Waals surface area contributed by atoms with Crippen LogP contribution in [0.4, 0.5) is 17.1 Å². The van der Waals surface area contributed by atoms with Crippen LogP contribution in [0.1, 0.15) is 72.2 Å². The van der Waals surface area contributed by atoms with Gasteiger partial charge in [0.25, 0.3) is 0 Å². The molecular weight excluding hydrogens is 851 g/mol. The van der Waals surface area contributed by atoms with E-state index >= 15 is 0 Å². The first-order valence-electron chi connectivity index (χ1n) is 24.4. The Kier molecular flexibility index (Phi) is 7.78. The lowest BCUT2D eigenvalue weighted by Crippen LogP contribution is -2.26. The molecule has 1 nitrogen and oxygen atoms in total. The van der Waals surface area contributed by atoms with Crippen LogP contribution in [0.5, 0.6) is 0 Å². The van der Waals surface area contributed by atoms with Gasteiger partial charge < -0.3 is 4.90 Å². The molecule has 0 saturated heterocycles. The summed E-state index contributed by atoms with van der Waals surface area (Å²) in [5.74, 6) is 0. The van der Waals surface area contributed by atoms with Gasteiger partial charge in [-0.3, -0.25) is 0 Å². The molecule has 1 heterocycles. The van der Waals surface area contributed by atoms with E-state index in [9.17, 15) is 0 Å². The van der Waals surface area contributed by atoms with E-state index in [2.05, 4.69) is 245 Å². The average molecular weight is 898 g/mol. The number of rotatable bonds is 4. The summed E-state index contributed by atoms with van der Waals surface area (Å²) in [6, 6.07) is 81.0. The highest BCUT2D eigenvalue weighted by atomic mass is 32.1. The third-order valence-electron chi connectivity index (χ3n) is 16.7. The molecule has 4 aliphatic carbocycles. The molecule has 0 N–H and O–H groups in total. The molecule has 0 amide bonds. The van der Waals surface area contributed by atoms with E-state index in [1.54, 1.807) is 0 Å². The number of hydrogen-bond donors (Lipinski definition) is 0. The molecule has 4 aliphatic rings. The Hall–Kier alpha value is -7.78. The van der Waals surface area contributed by atoms with Gasteiger partial charge in [-0.25, -0.2) is 0 Å². The summed E-state index contributed by atoms with van der Waals surface area (Å²) >= 11 is 1.94. The minimum atomic E-state index is -0.497. The number of benzene rings is 10. The molecule has 0 fully saturated rings. The lowest BCUT2D eigenvalue weighted by Gasteiger charge is -2.33. The summed E-state index contributed by atoms with van der Waals surface area (Å²) in [5, 5.41) is 2.68. The summed E-state index contributed by atoms with van der Waals surface area (Å²) < 4.78 is 2.71. The second kappa shape index (κ2) is 13.7. The van der Waals surface area contributed by atoms with E-state index in [1.807, 2.05) is 11.3 Å². The third kappa shape index (κ3) is 4.99. The highest BCUT2D eigenvalue weighted by Gasteiger charge is 2.53. The van der Waals surface area contributed by atoms with Crippen LogP contribution in [0.3, 0.4) is 0 Å². The molecule has 1 aromatic heterocycles. The molecule has 0 saturated carbocycles. The molecule has 0 bridgehead atoms. The van der Waals surface area contributed by atoms with E-state index < -0.39 is 5.41 Å². The molecule has 69 heavy (non-hydrogen) atoms. The Balaban J connectivity index is 0.988. The maximum absolute atomic E-state index is 2.60. The summed E-state index contributed by atoms with van der Waals surface area (Å²) in [5.41, 5.74) is 26.7. The Labute approximate surface area is 407 Å². The van der Waals surface area contributed by atoms with Gasteiger partial charge in [0.2, 0.25) is 0 Å². The molecule has 326 valence electrons. The van der Waals surface area contributed by atoms with E-state index in [1.165, 1.54) is 132 Å². The van der Waals surface area contributed by atoms with Gasteiger partial charge in [0.1, 0.15) is 0 Å². The van der Waals surface area contributed by atoms with Gasteiger partial charge >= 0.3 is 0 Å². The highest BCUT2D eigenvalue weighted by Crippen LogP contribution is 2.66. The van der Waals surface area contributed by atoms with Crippen molar-refractivity contribution in [2.75, 3.05) is 4.90 Å². The second-order valence-electron chi connectivity index (χ2n) is 20.7. The fraction of sp³-hybridized carbons (Fsp3) is 0.104. The predicted octanol–water partition coefficient (Wildman–Crippen LogP) is 18.1. The normalized spacial score (nSPS) is 16.7. The molecule has 1 atom stereocenters. The second-order valence-corrected chi connectivity index (χ2v) is 21.8. The molecule has 0 aliphatic heterocycles. The number of nitrogens with zero attached hydrogens (tertiary/aromatic N) is 1. The van der Waals surface area contributed by atoms with Crippen molar-refractivity contribution in [1.82, 2.24) is 0 Å². The summed E-state index contributed by atoms with van der Waals surface area (Å²) in [6.45, 7) is 9.62. The largest absolute Gasteiger partial charge is 0.310 e. The Morgan fingerprint density at radius 3 is 1.57 bits per heavy atom. The smallest absolute Gasteiger partial charge is 0.0726 e. The maximum atomic E-state index is 2.60. The van der Waals surface area contributed by atoms with Crippen LogP contribution >= 0.6 is 11.3 Å². The fourth-order valence-electron chi connectivity index (χ4n) is 13.6. The quantitative estimate of drug-likeness (QED) is 0.170. The van der Waals surface area contributed by atoms with Crippen molar-refractivity contribution in [2.45, 2.75) is 43.9 Å². The van der Waals surface area contributed by atoms with Gasteiger partial charge in [0, 0.05) is 53.5 Å². The van der Waals surface area contributed by atoms with Crippen LogP contribution in [-0.4, -0.2) is 0 Å². The molecule has 0 radical (unpaired) electrons. The maximum Gasteiger partial charge on any atom is 0.0726 e. The highest BCUT2D eigenvalue weighted by molar-refractivity contribution is 7.26. The van der Waals surface area contributed by atoms with E-state index in [-0.39, 0.29) is 10.8 Å². The van der Waals surface area contributed by atoms with Crippen LogP contribution in [0, 0.1) is 0 Å². The van der Waals surface area contributed by atoms with Crippen LogP contribution in [-0.2, 0) is 16.2 Å². The van der Waals surface area contributed by atoms with Crippen molar-refractivity contribution in [3.8, 4) is 55.6 Å². The zero-order chi connectivity index (χ0) is 46.0.